The second kappa shape index (κ2) is 18.0. The molecule has 0 N–H and O–H groups in total. The first-order valence-electron chi connectivity index (χ1n) is 13.1. The van der Waals surface area contributed by atoms with Crippen LogP contribution in [-0.4, -0.2) is 22.9 Å². The monoisotopic (exact) mass is 487 g/mol. The number of rotatable bonds is 15. The van der Waals surface area contributed by atoms with E-state index < -0.39 is 12.2 Å². The summed E-state index contributed by atoms with van der Waals surface area (Å²) in [4.78, 5) is 26.1. The smallest absolute Gasteiger partial charge is 0.417 e. The zero-order valence-electron chi connectivity index (χ0n) is 21.8. The van der Waals surface area contributed by atoms with Crippen LogP contribution in [0.25, 0.3) is 0 Å². The van der Waals surface area contributed by atoms with Crippen LogP contribution in [0, 0.1) is 0 Å². The molecule has 0 aromatic heterocycles. The molecule has 0 radical (unpaired) electrons. The molecule has 36 heavy (non-hydrogen) atoms. The summed E-state index contributed by atoms with van der Waals surface area (Å²) in [5, 5.41) is 0. The van der Waals surface area contributed by atoms with Gasteiger partial charge in [-0.3, -0.25) is 4.79 Å². The topological polar surface area (TPSA) is 46.6 Å². The molecule has 4 heteroatoms. The van der Waals surface area contributed by atoms with Crippen molar-refractivity contribution in [2.24, 2.45) is 0 Å². The molecule has 0 spiro atoms. The molecule has 2 amide bonds. The SMILES string of the molecule is CC/C=C\C/C=C\C/C=C\C/C=C\C/C=C\C/C=C\CCC(=O)N1C(=O)OC(c2ccccc2)[C@H]1C. The minimum absolute atomic E-state index is 0.189. The van der Waals surface area contributed by atoms with Crippen molar-refractivity contribution in [2.45, 2.75) is 77.4 Å². The lowest BCUT2D eigenvalue weighted by Gasteiger charge is -2.19. The van der Waals surface area contributed by atoms with E-state index in [-0.39, 0.29) is 11.9 Å². The van der Waals surface area contributed by atoms with E-state index in [4.69, 9.17) is 4.74 Å². The zero-order valence-corrected chi connectivity index (χ0v) is 21.8. The first-order valence-corrected chi connectivity index (χ1v) is 13.1. The van der Waals surface area contributed by atoms with Crippen molar-refractivity contribution in [1.82, 2.24) is 4.90 Å². The van der Waals surface area contributed by atoms with E-state index >= 15 is 0 Å². The summed E-state index contributed by atoms with van der Waals surface area (Å²) in [5.74, 6) is -0.189. The number of carbonyl (C=O) groups is 2. The summed E-state index contributed by atoms with van der Waals surface area (Å²) in [6.07, 6.45) is 31.6. The second-order valence-electron chi connectivity index (χ2n) is 8.67. The standard InChI is InChI=1S/C32H41NO3/c1-3-4-5-6-7-8-9-10-11-12-13-14-15-16-17-18-19-20-24-27-30(34)33-28(2)31(36-32(33)35)29-25-22-21-23-26-29/h4-5,7-8,10-11,13-14,16-17,19-23,25-26,28,31H,3,6,9,12,15,18,24,27H2,1-2H3/b5-4-,8-7-,11-10-,14-13-,17-16-,20-19-/t28-,31?/m1/s1. The first-order chi connectivity index (χ1) is 17.6. The lowest BCUT2D eigenvalue weighted by atomic mass is 10.0. The summed E-state index contributed by atoms with van der Waals surface area (Å²) >= 11 is 0. The Labute approximate surface area is 217 Å². The molecule has 1 heterocycles. The summed E-state index contributed by atoms with van der Waals surface area (Å²) in [5.41, 5.74) is 0.908. The molecule has 1 aromatic carbocycles. The number of hydrogen-bond donors (Lipinski definition) is 0. The van der Waals surface area contributed by atoms with Crippen LogP contribution < -0.4 is 0 Å². The van der Waals surface area contributed by atoms with Crippen LogP contribution in [0.1, 0.15) is 76.9 Å². The maximum Gasteiger partial charge on any atom is 0.417 e. The quantitative estimate of drug-likeness (QED) is 0.233. The molecule has 1 fully saturated rings. The van der Waals surface area contributed by atoms with Gasteiger partial charge in [-0.25, -0.2) is 9.69 Å². The largest absolute Gasteiger partial charge is 0.439 e. The fourth-order valence-corrected chi connectivity index (χ4v) is 3.85. The van der Waals surface area contributed by atoms with Crippen LogP contribution >= 0.6 is 0 Å². The van der Waals surface area contributed by atoms with Crippen LogP contribution in [0.4, 0.5) is 4.79 Å². The van der Waals surface area contributed by atoms with Gasteiger partial charge in [0, 0.05) is 6.42 Å². The number of imide groups is 1. The van der Waals surface area contributed by atoms with E-state index in [1.165, 1.54) is 4.90 Å². The lowest BCUT2D eigenvalue weighted by molar-refractivity contribution is -0.129. The summed E-state index contributed by atoms with van der Waals surface area (Å²) in [7, 11) is 0. The van der Waals surface area contributed by atoms with Gasteiger partial charge < -0.3 is 4.74 Å². The average Bonchev–Trinajstić information content (AvgIpc) is 3.19. The number of hydrogen-bond acceptors (Lipinski definition) is 3. The van der Waals surface area contributed by atoms with E-state index in [9.17, 15) is 9.59 Å². The van der Waals surface area contributed by atoms with Gasteiger partial charge in [0.1, 0.15) is 6.10 Å². The van der Waals surface area contributed by atoms with Crippen LogP contribution in [0.3, 0.4) is 0 Å². The Morgan fingerprint density at radius 2 is 1.25 bits per heavy atom. The van der Waals surface area contributed by atoms with Gasteiger partial charge in [0.2, 0.25) is 5.91 Å². The van der Waals surface area contributed by atoms with Gasteiger partial charge in [-0.15, -0.1) is 0 Å². The Morgan fingerprint density at radius 3 is 1.75 bits per heavy atom. The van der Waals surface area contributed by atoms with E-state index in [0.29, 0.717) is 12.8 Å². The second-order valence-corrected chi connectivity index (χ2v) is 8.67. The molecule has 1 aliphatic heterocycles. The Hall–Kier alpha value is -3.40. The molecule has 1 aliphatic rings. The van der Waals surface area contributed by atoms with Crippen molar-refractivity contribution in [3.63, 3.8) is 0 Å². The third kappa shape index (κ3) is 10.9. The molecule has 1 saturated heterocycles. The fraction of sp³-hybridized carbons (Fsp3) is 0.375. The molecular weight excluding hydrogens is 446 g/mol. The predicted octanol–water partition coefficient (Wildman–Crippen LogP) is 8.57. The highest BCUT2D eigenvalue weighted by Crippen LogP contribution is 2.32. The van der Waals surface area contributed by atoms with Crippen molar-refractivity contribution in [3.8, 4) is 0 Å². The molecule has 2 rings (SSSR count). The Morgan fingerprint density at radius 1 is 0.778 bits per heavy atom. The number of amides is 2. The van der Waals surface area contributed by atoms with Crippen molar-refractivity contribution < 1.29 is 14.3 Å². The van der Waals surface area contributed by atoms with Gasteiger partial charge in [0.25, 0.3) is 0 Å². The number of carbonyl (C=O) groups excluding carboxylic acids is 2. The molecule has 0 aliphatic carbocycles. The van der Waals surface area contributed by atoms with Crippen LogP contribution in [0.2, 0.25) is 0 Å². The van der Waals surface area contributed by atoms with E-state index in [2.05, 4.69) is 73.8 Å². The minimum atomic E-state index is -0.552. The Bertz CT molecular complexity index is 953. The van der Waals surface area contributed by atoms with Crippen molar-refractivity contribution >= 4 is 12.0 Å². The van der Waals surface area contributed by atoms with Crippen LogP contribution in [0.15, 0.2) is 103 Å². The molecule has 192 valence electrons. The highest BCUT2D eigenvalue weighted by Gasteiger charge is 2.42. The van der Waals surface area contributed by atoms with Crippen LogP contribution in [0.5, 0.6) is 0 Å². The van der Waals surface area contributed by atoms with Crippen molar-refractivity contribution in [1.29, 1.82) is 0 Å². The third-order valence-corrected chi connectivity index (χ3v) is 5.79. The Kier molecular flexibility index (Phi) is 14.4. The average molecular weight is 488 g/mol. The van der Waals surface area contributed by atoms with Gasteiger partial charge in [-0.2, -0.15) is 0 Å². The fourth-order valence-electron chi connectivity index (χ4n) is 3.85. The van der Waals surface area contributed by atoms with Gasteiger partial charge >= 0.3 is 6.09 Å². The van der Waals surface area contributed by atoms with Crippen molar-refractivity contribution in [2.75, 3.05) is 0 Å². The lowest BCUT2D eigenvalue weighted by Crippen LogP contribution is -2.37. The van der Waals surface area contributed by atoms with Crippen molar-refractivity contribution in [3.05, 3.63) is 109 Å². The number of benzene rings is 1. The van der Waals surface area contributed by atoms with Gasteiger partial charge in [-0.1, -0.05) is 110 Å². The van der Waals surface area contributed by atoms with E-state index in [1.807, 2.05) is 43.3 Å². The number of allylic oxidation sites excluding steroid dienone is 12. The summed E-state index contributed by atoms with van der Waals surface area (Å²) in [6, 6.07) is 9.25. The summed E-state index contributed by atoms with van der Waals surface area (Å²) < 4.78 is 5.46. The summed E-state index contributed by atoms with van der Waals surface area (Å²) in [6.45, 7) is 4.01. The normalized spacial score (nSPS) is 18.8. The van der Waals surface area contributed by atoms with Gasteiger partial charge in [-0.05, 0) is 57.4 Å². The third-order valence-electron chi connectivity index (χ3n) is 5.79. The molecule has 2 atom stereocenters. The van der Waals surface area contributed by atoms with E-state index in [1.54, 1.807) is 0 Å². The molecule has 0 bridgehead atoms. The Balaban J connectivity index is 1.55. The van der Waals surface area contributed by atoms with Gasteiger partial charge in [0.15, 0.2) is 0 Å². The molecular formula is C32H41NO3. The molecule has 1 aromatic rings. The van der Waals surface area contributed by atoms with Crippen LogP contribution in [-0.2, 0) is 9.53 Å². The number of cyclic esters (lactones) is 1. The minimum Gasteiger partial charge on any atom is -0.439 e. The molecule has 1 unspecified atom stereocenters. The maximum atomic E-state index is 12.6. The first kappa shape index (κ1) is 28.8. The highest BCUT2D eigenvalue weighted by atomic mass is 16.6. The predicted molar refractivity (Wildman–Crippen MR) is 149 cm³/mol. The van der Waals surface area contributed by atoms with Gasteiger partial charge in [0.05, 0.1) is 6.04 Å². The molecule has 4 nitrogen and oxygen atoms in total. The molecule has 0 saturated carbocycles. The zero-order chi connectivity index (χ0) is 25.8. The number of ether oxygens (including phenoxy) is 1. The highest BCUT2D eigenvalue weighted by molar-refractivity contribution is 5.93. The number of nitrogens with zero attached hydrogens (tertiary/aromatic N) is 1. The van der Waals surface area contributed by atoms with E-state index in [0.717, 1.165) is 44.1 Å². The maximum absolute atomic E-state index is 12.6.